The Morgan fingerprint density at radius 3 is 2.68 bits per heavy atom. The Hall–Kier alpha value is -1.38. The molecule has 1 aliphatic carbocycles. The van der Waals surface area contributed by atoms with Gasteiger partial charge in [0.1, 0.15) is 5.82 Å². The number of fused-ring (bicyclic) bond motifs is 1. The van der Waals surface area contributed by atoms with Crippen LogP contribution in [0.4, 0.5) is 4.39 Å². The maximum atomic E-state index is 14.3. The Kier molecular flexibility index (Phi) is 3.29. The molecule has 0 radical (unpaired) electrons. The fourth-order valence-corrected chi connectivity index (χ4v) is 3.50. The fraction of sp³-hybridized carbons (Fsp3) is 0.562. The van der Waals surface area contributed by atoms with E-state index in [2.05, 4.69) is 12.0 Å². The van der Waals surface area contributed by atoms with Crippen LogP contribution in [-0.2, 0) is 7.05 Å². The summed E-state index contributed by atoms with van der Waals surface area (Å²) < 4.78 is 16.1. The molecule has 102 valence electrons. The van der Waals surface area contributed by atoms with Crippen molar-refractivity contribution in [2.75, 3.05) is 0 Å². The van der Waals surface area contributed by atoms with Crippen LogP contribution in [0.2, 0.25) is 0 Å². The lowest BCUT2D eigenvalue weighted by atomic mass is 9.77. The number of rotatable bonds is 2. The van der Waals surface area contributed by atoms with Gasteiger partial charge in [0.25, 0.3) is 0 Å². The van der Waals surface area contributed by atoms with Gasteiger partial charge in [0.05, 0.1) is 11.7 Å². The summed E-state index contributed by atoms with van der Waals surface area (Å²) in [5.74, 6) is 1.16. The first-order chi connectivity index (χ1) is 9.20. The average Bonchev–Trinajstić information content (AvgIpc) is 2.80. The van der Waals surface area contributed by atoms with Gasteiger partial charge in [-0.1, -0.05) is 13.3 Å². The lowest BCUT2D eigenvalue weighted by molar-refractivity contribution is 0.315. The highest BCUT2D eigenvalue weighted by Gasteiger charge is 2.25. The second-order valence-corrected chi connectivity index (χ2v) is 5.79. The standard InChI is InChI=1S/C16H21FN2/c1-3-11-4-6-12(7-5-11)16-13-10-18-19(2)15(13)9-8-14(16)17/h8-12H,3-7H2,1-2H3. The van der Waals surface area contributed by atoms with Crippen LogP contribution in [0.25, 0.3) is 10.9 Å². The predicted molar refractivity (Wildman–Crippen MR) is 75.7 cm³/mol. The zero-order chi connectivity index (χ0) is 13.4. The topological polar surface area (TPSA) is 17.8 Å². The van der Waals surface area contributed by atoms with E-state index in [-0.39, 0.29) is 5.82 Å². The van der Waals surface area contributed by atoms with E-state index in [1.54, 1.807) is 6.07 Å². The fourth-order valence-electron chi connectivity index (χ4n) is 3.50. The van der Waals surface area contributed by atoms with E-state index in [1.165, 1.54) is 19.3 Å². The molecule has 1 heterocycles. The molecule has 1 aromatic carbocycles. The van der Waals surface area contributed by atoms with E-state index in [0.29, 0.717) is 5.92 Å². The van der Waals surface area contributed by atoms with Crippen molar-refractivity contribution in [3.8, 4) is 0 Å². The number of aromatic nitrogens is 2. The molecule has 0 saturated heterocycles. The summed E-state index contributed by atoms with van der Waals surface area (Å²) in [6.45, 7) is 2.26. The first-order valence-corrected chi connectivity index (χ1v) is 7.30. The normalized spacial score (nSPS) is 23.9. The first-order valence-electron chi connectivity index (χ1n) is 7.30. The first kappa shape index (κ1) is 12.6. The Morgan fingerprint density at radius 1 is 1.26 bits per heavy atom. The van der Waals surface area contributed by atoms with Gasteiger partial charge in [-0.25, -0.2) is 4.39 Å². The number of hydrogen-bond donors (Lipinski definition) is 0. The van der Waals surface area contributed by atoms with Crippen LogP contribution in [-0.4, -0.2) is 9.78 Å². The van der Waals surface area contributed by atoms with Crippen LogP contribution in [0, 0.1) is 11.7 Å². The number of halogens is 1. The van der Waals surface area contributed by atoms with Crippen molar-refractivity contribution in [3.63, 3.8) is 0 Å². The molecule has 2 nitrogen and oxygen atoms in total. The molecule has 1 aromatic heterocycles. The van der Waals surface area contributed by atoms with Gasteiger partial charge in [0.15, 0.2) is 0 Å². The van der Waals surface area contributed by atoms with Gasteiger partial charge in [-0.3, -0.25) is 4.68 Å². The van der Waals surface area contributed by atoms with Gasteiger partial charge in [-0.15, -0.1) is 0 Å². The van der Waals surface area contributed by atoms with Crippen LogP contribution in [0.15, 0.2) is 18.3 Å². The third kappa shape index (κ3) is 2.15. The van der Waals surface area contributed by atoms with Crippen LogP contribution >= 0.6 is 0 Å². The molecule has 3 rings (SSSR count). The van der Waals surface area contributed by atoms with Gasteiger partial charge in [-0.2, -0.15) is 5.10 Å². The molecule has 1 aliphatic rings. The average molecular weight is 260 g/mol. The largest absolute Gasteiger partial charge is 0.268 e. The van der Waals surface area contributed by atoms with Crippen LogP contribution in [0.5, 0.6) is 0 Å². The molecule has 0 unspecified atom stereocenters. The SMILES string of the molecule is CCC1CCC(c2c(F)ccc3c2cnn3C)CC1. The Labute approximate surface area is 113 Å². The van der Waals surface area contributed by atoms with Crippen molar-refractivity contribution < 1.29 is 4.39 Å². The minimum atomic E-state index is -0.0551. The van der Waals surface area contributed by atoms with E-state index in [1.807, 2.05) is 24.0 Å². The highest BCUT2D eigenvalue weighted by molar-refractivity contribution is 5.83. The van der Waals surface area contributed by atoms with Crippen LogP contribution in [0.1, 0.15) is 50.5 Å². The molecule has 2 aromatic rings. The maximum absolute atomic E-state index is 14.3. The minimum Gasteiger partial charge on any atom is -0.268 e. The third-order valence-electron chi connectivity index (χ3n) is 4.75. The van der Waals surface area contributed by atoms with Gasteiger partial charge >= 0.3 is 0 Å². The Morgan fingerprint density at radius 2 is 2.00 bits per heavy atom. The second kappa shape index (κ2) is 4.95. The summed E-state index contributed by atoms with van der Waals surface area (Å²) in [5.41, 5.74) is 1.94. The molecule has 3 heteroatoms. The second-order valence-electron chi connectivity index (χ2n) is 5.79. The summed E-state index contributed by atoms with van der Waals surface area (Å²) in [7, 11) is 1.91. The zero-order valence-electron chi connectivity index (χ0n) is 11.7. The highest BCUT2D eigenvalue weighted by atomic mass is 19.1. The summed E-state index contributed by atoms with van der Waals surface area (Å²) in [5, 5.41) is 5.28. The number of aryl methyl sites for hydroxylation is 1. The molecule has 0 spiro atoms. The van der Waals surface area contributed by atoms with Crippen molar-refractivity contribution in [2.24, 2.45) is 13.0 Å². The number of nitrogens with zero attached hydrogens (tertiary/aromatic N) is 2. The summed E-state index contributed by atoms with van der Waals surface area (Å²) in [4.78, 5) is 0. The number of hydrogen-bond acceptors (Lipinski definition) is 1. The Bertz CT molecular complexity index is 580. The lowest BCUT2D eigenvalue weighted by Crippen LogP contribution is -2.14. The van der Waals surface area contributed by atoms with E-state index in [9.17, 15) is 4.39 Å². The van der Waals surface area contributed by atoms with Gasteiger partial charge in [0, 0.05) is 18.0 Å². The molecular formula is C16H21FN2. The number of benzene rings is 1. The summed E-state index contributed by atoms with van der Waals surface area (Å²) >= 11 is 0. The smallest absolute Gasteiger partial charge is 0.127 e. The van der Waals surface area contributed by atoms with Crippen molar-refractivity contribution in [2.45, 2.75) is 44.9 Å². The molecule has 0 bridgehead atoms. The van der Waals surface area contributed by atoms with Crippen molar-refractivity contribution in [1.29, 1.82) is 0 Å². The van der Waals surface area contributed by atoms with Crippen molar-refractivity contribution in [3.05, 3.63) is 29.7 Å². The Balaban J connectivity index is 1.98. The van der Waals surface area contributed by atoms with E-state index in [4.69, 9.17) is 0 Å². The van der Waals surface area contributed by atoms with Crippen LogP contribution < -0.4 is 0 Å². The molecule has 0 N–H and O–H groups in total. The molecule has 1 saturated carbocycles. The van der Waals surface area contributed by atoms with Crippen LogP contribution in [0.3, 0.4) is 0 Å². The highest BCUT2D eigenvalue weighted by Crippen LogP contribution is 2.40. The predicted octanol–water partition coefficient (Wildman–Crippen LogP) is 4.40. The molecule has 1 fully saturated rings. The maximum Gasteiger partial charge on any atom is 0.127 e. The molecule has 0 atom stereocenters. The van der Waals surface area contributed by atoms with E-state index < -0.39 is 0 Å². The van der Waals surface area contributed by atoms with Gasteiger partial charge in [0.2, 0.25) is 0 Å². The lowest BCUT2D eigenvalue weighted by Gasteiger charge is -2.28. The summed E-state index contributed by atoms with van der Waals surface area (Å²) in [6, 6.07) is 3.43. The molecule has 0 amide bonds. The molecule has 0 aliphatic heterocycles. The molecular weight excluding hydrogens is 239 g/mol. The summed E-state index contributed by atoms with van der Waals surface area (Å²) in [6.07, 6.45) is 7.77. The third-order valence-corrected chi connectivity index (χ3v) is 4.75. The molecule has 19 heavy (non-hydrogen) atoms. The zero-order valence-corrected chi connectivity index (χ0v) is 11.7. The quantitative estimate of drug-likeness (QED) is 0.782. The minimum absolute atomic E-state index is 0.0551. The monoisotopic (exact) mass is 260 g/mol. The van der Waals surface area contributed by atoms with Gasteiger partial charge in [-0.05, 0) is 49.7 Å². The van der Waals surface area contributed by atoms with E-state index >= 15 is 0 Å². The van der Waals surface area contributed by atoms with Crippen molar-refractivity contribution >= 4 is 10.9 Å². The van der Waals surface area contributed by atoms with E-state index in [0.717, 1.165) is 35.2 Å². The van der Waals surface area contributed by atoms with Crippen molar-refractivity contribution in [1.82, 2.24) is 9.78 Å². The van der Waals surface area contributed by atoms with Gasteiger partial charge < -0.3 is 0 Å².